The van der Waals surface area contributed by atoms with Gasteiger partial charge < -0.3 is 9.84 Å². The summed E-state index contributed by atoms with van der Waals surface area (Å²) in [5, 5.41) is 19.4. The van der Waals surface area contributed by atoms with Crippen LogP contribution in [0.25, 0.3) is 5.88 Å². The number of aryl methyl sites for hydroxylation is 1. The highest BCUT2D eigenvalue weighted by atomic mass is 16.5. The van der Waals surface area contributed by atoms with Crippen molar-refractivity contribution < 1.29 is 4.52 Å². The summed E-state index contributed by atoms with van der Waals surface area (Å²) in [6, 6.07) is 8.99. The van der Waals surface area contributed by atoms with Gasteiger partial charge in [-0.25, -0.2) is 0 Å². The molecule has 0 radical (unpaired) electrons. The Bertz CT molecular complexity index is 812. The van der Waals surface area contributed by atoms with Gasteiger partial charge in [0.05, 0.1) is 12.2 Å². The van der Waals surface area contributed by atoms with E-state index in [1.807, 2.05) is 13.8 Å². The number of nitrogens with one attached hydrogen (secondary N) is 1. The van der Waals surface area contributed by atoms with Crippen LogP contribution in [-0.2, 0) is 19.4 Å². The predicted molar refractivity (Wildman–Crippen MR) is 83.2 cm³/mol. The molecule has 7 heteroatoms. The van der Waals surface area contributed by atoms with E-state index in [2.05, 4.69) is 50.3 Å². The van der Waals surface area contributed by atoms with Gasteiger partial charge in [0.15, 0.2) is 5.82 Å². The van der Waals surface area contributed by atoms with Crippen LogP contribution in [0, 0.1) is 13.8 Å². The van der Waals surface area contributed by atoms with Gasteiger partial charge in [0.1, 0.15) is 0 Å². The van der Waals surface area contributed by atoms with Gasteiger partial charge in [0.25, 0.3) is 5.88 Å². The van der Waals surface area contributed by atoms with E-state index in [0.717, 1.165) is 29.9 Å². The fraction of sp³-hybridized carbons (Fsp3) is 0.375. The Morgan fingerprint density at radius 3 is 2.61 bits per heavy atom. The molecule has 0 amide bonds. The first kappa shape index (κ1) is 14.1. The molecule has 0 saturated carbocycles. The summed E-state index contributed by atoms with van der Waals surface area (Å²) in [5.41, 5.74) is 4.64. The van der Waals surface area contributed by atoms with E-state index in [-0.39, 0.29) is 0 Å². The first-order valence-electron chi connectivity index (χ1n) is 7.73. The van der Waals surface area contributed by atoms with Crippen molar-refractivity contribution in [3.63, 3.8) is 0 Å². The van der Waals surface area contributed by atoms with Crippen LogP contribution in [0.2, 0.25) is 0 Å². The van der Waals surface area contributed by atoms with E-state index in [1.54, 1.807) is 4.68 Å². The lowest BCUT2D eigenvalue weighted by Gasteiger charge is -2.11. The molecule has 0 unspecified atom stereocenters. The molecule has 118 valence electrons. The molecule has 0 spiro atoms. The Balaban J connectivity index is 1.47. The molecule has 0 fully saturated rings. The van der Waals surface area contributed by atoms with Gasteiger partial charge in [-0.3, -0.25) is 0 Å². The zero-order valence-corrected chi connectivity index (χ0v) is 13.2. The molecule has 1 aliphatic carbocycles. The van der Waals surface area contributed by atoms with Crippen molar-refractivity contribution in [2.45, 2.75) is 39.3 Å². The molecule has 1 N–H and O–H groups in total. The number of tetrazole rings is 1. The van der Waals surface area contributed by atoms with Gasteiger partial charge in [-0.05, 0) is 48.2 Å². The van der Waals surface area contributed by atoms with Gasteiger partial charge >= 0.3 is 0 Å². The minimum Gasteiger partial charge on any atom is -0.336 e. The average Bonchev–Trinajstić information content (AvgIpc) is 3.25. The van der Waals surface area contributed by atoms with E-state index >= 15 is 0 Å². The highest BCUT2D eigenvalue weighted by Gasteiger charge is 2.22. The standard InChI is InChI=1S/C16H18N6O/c1-10-11(2)19-23-16(10)22-15(18-20-21-22)9-17-14-7-12-5-3-4-6-13(12)8-14/h3-6,14,17H,7-9H2,1-2H3. The molecular formula is C16H18N6O. The third-order valence-electron chi connectivity index (χ3n) is 4.46. The third-order valence-corrected chi connectivity index (χ3v) is 4.46. The van der Waals surface area contributed by atoms with Gasteiger partial charge in [-0.15, -0.1) is 5.10 Å². The molecular weight excluding hydrogens is 292 g/mol. The number of hydrogen-bond acceptors (Lipinski definition) is 6. The fourth-order valence-electron chi connectivity index (χ4n) is 3.01. The molecule has 23 heavy (non-hydrogen) atoms. The quantitative estimate of drug-likeness (QED) is 0.787. The van der Waals surface area contributed by atoms with Crippen molar-refractivity contribution in [1.29, 1.82) is 0 Å². The molecule has 2 aromatic heterocycles. The van der Waals surface area contributed by atoms with Gasteiger partial charge in [-0.2, -0.15) is 4.68 Å². The number of fused-ring (bicyclic) bond motifs is 1. The summed E-state index contributed by atoms with van der Waals surface area (Å²) < 4.78 is 6.96. The van der Waals surface area contributed by atoms with E-state index in [4.69, 9.17) is 4.52 Å². The zero-order chi connectivity index (χ0) is 15.8. The van der Waals surface area contributed by atoms with E-state index in [1.165, 1.54) is 11.1 Å². The molecule has 0 saturated heterocycles. The fourth-order valence-corrected chi connectivity index (χ4v) is 3.01. The molecule has 0 aliphatic heterocycles. The van der Waals surface area contributed by atoms with Crippen LogP contribution < -0.4 is 5.32 Å². The van der Waals surface area contributed by atoms with E-state index < -0.39 is 0 Å². The molecule has 2 heterocycles. The smallest absolute Gasteiger partial charge is 0.257 e. The monoisotopic (exact) mass is 310 g/mol. The maximum atomic E-state index is 5.35. The van der Waals surface area contributed by atoms with Crippen LogP contribution in [-0.4, -0.2) is 31.4 Å². The zero-order valence-electron chi connectivity index (χ0n) is 13.2. The minimum atomic E-state index is 0.412. The lowest BCUT2D eigenvalue weighted by molar-refractivity contribution is 0.386. The SMILES string of the molecule is Cc1noc(-n2nnnc2CNC2Cc3ccccc3C2)c1C. The second-order valence-corrected chi connectivity index (χ2v) is 5.96. The summed E-state index contributed by atoms with van der Waals surface area (Å²) in [6.45, 7) is 4.44. The van der Waals surface area contributed by atoms with Crippen LogP contribution in [0.1, 0.15) is 28.2 Å². The molecule has 4 rings (SSSR count). The second-order valence-electron chi connectivity index (χ2n) is 5.96. The second kappa shape index (κ2) is 5.58. The summed E-state index contributed by atoms with van der Waals surface area (Å²) in [4.78, 5) is 0. The van der Waals surface area contributed by atoms with Crippen LogP contribution in [0.3, 0.4) is 0 Å². The Kier molecular flexibility index (Phi) is 3.42. The number of nitrogens with zero attached hydrogens (tertiary/aromatic N) is 5. The first-order chi connectivity index (χ1) is 11.2. The number of hydrogen-bond donors (Lipinski definition) is 1. The summed E-state index contributed by atoms with van der Waals surface area (Å²) >= 11 is 0. The van der Waals surface area contributed by atoms with Crippen molar-refractivity contribution in [2.75, 3.05) is 0 Å². The third kappa shape index (κ3) is 2.53. The maximum Gasteiger partial charge on any atom is 0.257 e. The Labute approximate surface area is 133 Å². The molecule has 0 atom stereocenters. The predicted octanol–water partition coefficient (Wildman–Crippen LogP) is 1.52. The van der Waals surface area contributed by atoms with Crippen LogP contribution in [0.4, 0.5) is 0 Å². The number of aromatic nitrogens is 5. The lowest BCUT2D eigenvalue weighted by atomic mass is 10.1. The molecule has 3 aromatic rings. The van der Waals surface area contributed by atoms with Crippen LogP contribution in [0.15, 0.2) is 28.8 Å². The highest BCUT2D eigenvalue weighted by Crippen LogP contribution is 2.22. The van der Waals surface area contributed by atoms with E-state index in [0.29, 0.717) is 18.5 Å². The molecule has 0 bridgehead atoms. The van der Waals surface area contributed by atoms with Crippen molar-refractivity contribution in [2.24, 2.45) is 0 Å². The van der Waals surface area contributed by atoms with Gasteiger partial charge in [-0.1, -0.05) is 29.4 Å². The van der Waals surface area contributed by atoms with Crippen LogP contribution >= 0.6 is 0 Å². The topological polar surface area (TPSA) is 81.7 Å². The lowest BCUT2D eigenvalue weighted by Crippen LogP contribution is -2.30. The largest absolute Gasteiger partial charge is 0.336 e. The number of rotatable bonds is 4. The van der Waals surface area contributed by atoms with Gasteiger partial charge in [0.2, 0.25) is 0 Å². The average molecular weight is 310 g/mol. The highest BCUT2D eigenvalue weighted by molar-refractivity contribution is 5.34. The van der Waals surface area contributed by atoms with E-state index in [9.17, 15) is 0 Å². The summed E-state index contributed by atoms with van der Waals surface area (Å²) in [6.07, 6.45) is 2.08. The Morgan fingerprint density at radius 1 is 1.22 bits per heavy atom. The molecule has 1 aromatic carbocycles. The molecule has 7 nitrogen and oxygen atoms in total. The van der Waals surface area contributed by atoms with Gasteiger partial charge in [0, 0.05) is 11.6 Å². The minimum absolute atomic E-state index is 0.412. The van der Waals surface area contributed by atoms with Crippen LogP contribution in [0.5, 0.6) is 0 Å². The Hall–Kier alpha value is -2.54. The van der Waals surface area contributed by atoms with Crippen molar-refractivity contribution in [3.05, 3.63) is 52.5 Å². The van der Waals surface area contributed by atoms with Crippen molar-refractivity contribution >= 4 is 0 Å². The normalized spacial score (nSPS) is 14.3. The van der Waals surface area contributed by atoms with Crippen molar-refractivity contribution in [1.82, 2.24) is 30.7 Å². The van der Waals surface area contributed by atoms with Crippen molar-refractivity contribution in [3.8, 4) is 5.88 Å². The first-order valence-corrected chi connectivity index (χ1v) is 7.73. The maximum absolute atomic E-state index is 5.35. The summed E-state index contributed by atoms with van der Waals surface area (Å²) in [5.74, 6) is 1.30. The summed E-state index contributed by atoms with van der Waals surface area (Å²) in [7, 11) is 0. The Morgan fingerprint density at radius 2 is 1.96 bits per heavy atom. The number of benzene rings is 1. The molecule has 1 aliphatic rings.